The zero-order valence-corrected chi connectivity index (χ0v) is 63.1. The smallest absolute Gasteiger partial charge is 0.138 e. The van der Waals surface area contributed by atoms with Crippen LogP contribution in [0, 0.1) is 0 Å². The van der Waals surface area contributed by atoms with Crippen LogP contribution in [0.2, 0.25) is 0 Å². The molecule has 18 aromatic carbocycles. The third-order valence-corrected chi connectivity index (χ3v) is 23.8. The number of nitrogens with zero attached hydrogens (tertiary/aromatic N) is 6. The van der Waals surface area contributed by atoms with Crippen LogP contribution in [0.4, 0.5) is 0 Å². The van der Waals surface area contributed by atoms with E-state index in [9.17, 15) is 0 Å². The molecule has 0 spiro atoms. The topological polar surface area (TPSA) is 45.5 Å². The van der Waals surface area contributed by atoms with Crippen molar-refractivity contribution in [1.29, 1.82) is 0 Å². The van der Waals surface area contributed by atoms with Gasteiger partial charge in [0, 0.05) is 70.9 Å². The van der Waals surface area contributed by atoms with Gasteiger partial charge in [-0.2, -0.15) is 0 Å². The molecule has 0 aliphatic carbocycles. The van der Waals surface area contributed by atoms with E-state index in [2.05, 4.69) is 443 Å². The Morgan fingerprint density at radius 2 is 0.474 bits per heavy atom. The molecule has 24 rings (SSSR count). The molecule has 0 unspecified atom stereocenters. The number of pyridine rings is 2. The molecule has 116 heavy (non-hydrogen) atoms. The van der Waals surface area contributed by atoms with E-state index in [1.807, 2.05) is 0 Å². The van der Waals surface area contributed by atoms with Gasteiger partial charge in [0.15, 0.2) is 0 Å². The lowest BCUT2D eigenvalue weighted by atomic mass is 9.94. The van der Waals surface area contributed by atoms with Crippen LogP contribution in [0.1, 0.15) is 0 Å². The van der Waals surface area contributed by atoms with E-state index in [1.165, 1.54) is 142 Å². The maximum atomic E-state index is 5.35. The Hall–Kier alpha value is -15.5. The molecule has 6 aromatic heterocycles. The summed E-state index contributed by atoms with van der Waals surface area (Å²) in [5.74, 6) is 0.897. The Bertz CT molecular complexity index is 7910. The van der Waals surface area contributed by atoms with Crippen LogP contribution >= 0.6 is 0 Å². The fourth-order valence-electron chi connectivity index (χ4n) is 18.5. The molecule has 0 N–H and O–H groups in total. The predicted molar refractivity (Wildman–Crippen MR) is 488 cm³/mol. The zero-order valence-electron chi connectivity index (χ0n) is 63.1. The lowest BCUT2D eigenvalue weighted by Gasteiger charge is -2.14. The van der Waals surface area contributed by atoms with E-state index in [1.54, 1.807) is 0 Å². The molecule has 6 heteroatoms. The van der Waals surface area contributed by atoms with Crippen molar-refractivity contribution in [2.24, 2.45) is 0 Å². The molecule has 0 saturated heterocycles. The van der Waals surface area contributed by atoms with E-state index in [0.717, 1.165) is 78.6 Å². The Morgan fingerprint density at radius 3 is 0.940 bits per heavy atom. The number of aromatic nitrogens is 6. The van der Waals surface area contributed by atoms with Crippen LogP contribution in [0.25, 0.3) is 220 Å². The van der Waals surface area contributed by atoms with Crippen LogP contribution < -0.4 is 0 Å². The highest BCUT2D eigenvalue weighted by Gasteiger charge is 2.23. The molecule has 6 heterocycles. The van der Waals surface area contributed by atoms with Gasteiger partial charge in [-0.3, -0.25) is 4.57 Å². The molecule has 0 bridgehead atoms. The Morgan fingerprint density at radius 1 is 0.147 bits per heavy atom. The Kier molecular flexibility index (Phi) is 15.5. The van der Waals surface area contributed by atoms with Gasteiger partial charge >= 0.3 is 0 Å². The molecule has 24 aromatic rings. The van der Waals surface area contributed by atoms with Gasteiger partial charge in [-0.25, -0.2) is 9.97 Å². The van der Waals surface area contributed by atoms with E-state index >= 15 is 0 Å². The summed E-state index contributed by atoms with van der Waals surface area (Å²) >= 11 is 0. The standard InChI is InChI=1S/C59H37N3.C51H33N3/c1-3-15-38(16-4-1)42-35-54(39-17-5-2-6-18-39)60-59(36-42)62-56-26-14-12-24-50(56)53-34-41(28-32-58(53)62)40-27-31-57-52(33-40)49-23-11-13-25-55(49)61(57)43-29-30-48-46-21-8-7-19-44(46)45-20-9-10-22-47(45)51(48)37-43;1-3-15-35(16-4-1)45-32-39(33-46(52-45)36-17-5-2-6-18-36)53-48-23-11-9-21-41(48)43-30-37(26-28-50(43)53)38-27-29-51-44(31-38)42-22-10-12-24-49(42)54(51)47-25-13-19-34-14-7-8-20-40(34)47/h1-37H;1-33H. The van der Waals surface area contributed by atoms with Crippen molar-refractivity contribution in [3.05, 3.63) is 425 Å². The normalized spacial score (nSPS) is 11.8. The largest absolute Gasteiger partial charge is 0.309 e. The van der Waals surface area contributed by atoms with Crippen molar-refractivity contribution in [3.8, 4) is 90.0 Å². The number of hydrogen-bond acceptors (Lipinski definition) is 2. The lowest BCUT2D eigenvalue weighted by Crippen LogP contribution is -2.00. The number of fused-ring (bicyclic) bond motifs is 19. The molecule has 0 amide bonds. The van der Waals surface area contributed by atoms with Crippen molar-refractivity contribution >= 4 is 130 Å². The van der Waals surface area contributed by atoms with Crippen molar-refractivity contribution in [3.63, 3.8) is 0 Å². The van der Waals surface area contributed by atoms with E-state index in [-0.39, 0.29) is 0 Å². The van der Waals surface area contributed by atoms with Crippen molar-refractivity contribution in [1.82, 2.24) is 28.2 Å². The third kappa shape index (κ3) is 10.9. The van der Waals surface area contributed by atoms with Gasteiger partial charge in [0.05, 0.1) is 72.6 Å². The second-order valence-corrected chi connectivity index (χ2v) is 30.3. The van der Waals surface area contributed by atoms with E-state index in [4.69, 9.17) is 9.97 Å². The molecule has 0 radical (unpaired) electrons. The van der Waals surface area contributed by atoms with Crippen LogP contribution in [-0.4, -0.2) is 28.2 Å². The zero-order chi connectivity index (χ0) is 76.3. The number of hydrogen-bond donors (Lipinski definition) is 0. The van der Waals surface area contributed by atoms with Gasteiger partial charge < -0.3 is 13.7 Å². The molecule has 0 aliphatic rings. The SMILES string of the molecule is c1ccc(-c2cc(-c3ccccc3)nc(-n3c4ccccc4c4cc(-c5ccc6c(c5)c5ccccc5n6-c5ccc6c7ccccc7c7ccccc7c6c5)ccc43)c2)cc1.c1ccc(-c2cc(-n3c4ccccc4c4cc(-c5ccc6c(c5)c5ccccc5n6-c5cccc6ccccc56)ccc43)cc(-c3ccccc3)n2)cc1. The van der Waals surface area contributed by atoms with E-state index < -0.39 is 0 Å². The second-order valence-electron chi connectivity index (χ2n) is 30.3. The average Bonchev–Trinajstić information content (AvgIpc) is 1.09. The summed E-state index contributed by atoms with van der Waals surface area (Å²) in [6, 6.07) is 154. The first-order chi connectivity index (χ1) is 57.5. The molecule has 6 nitrogen and oxygen atoms in total. The molecule has 0 aliphatic heterocycles. The summed E-state index contributed by atoms with van der Waals surface area (Å²) in [6.07, 6.45) is 0. The monoisotopic (exact) mass is 1470 g/mol. The lowest BCUT2D eigenvalue weighted by molar-refractivity contribution is 1.08. The van der Waals surface area contributed by atoms with Gasteiger partial charge in [-0.05, 0) is 186 Å². The summed E-state index contributed by atoms with van der Waals surface area (Å²) in [4.78, 5) is 10.5. The van der Waals surface area contributed by atoms with Crippen LogP contribution in [-0.2, 0) is 0 Å². The minimum absolute atomic E-state index is 0.897. The van der Waals surface area contributed by atoms with Gasteiger partial charge in [0.1, 0.15) is 5.82 Å². The van der Waals surface area contributed by atoms with Gasteiger partial charge in [0.25, 0.3) is 0 Å². The number of para-hydroxylation sites is 4. The van der Waals surface area contributed by atoms with Crippen LogP contribution in [0.15, 0.2) is 425 Å². The highest BCUT2D eigenvalue weighted by atomic mass is 15.1. The molecule has 540 valence electrons. The van der Waals surface area contributed by atoms with Gasteiger partial charge in [-0.15, -0.1) is 0 Å². The second kappa shape index (κ2) is 27.2. The Balaban J connectivity index is 0.000000138. The first kappa shape index (κ1) is 66.3. The van der Waals surface area contributed by atoms with Crippen molar-refractivity contribution in [2.75, 3.05) is 0 Å². The summed E-state index contributed by atoms with van der Waals surface area (Å²) in [5.41, 5.74) is 26.0. The highest BCUT2D eigenvalue weighted by molar-refractivity contribution is 6.26. The summed E-state index contributed by atoms with van der Waals surface area (Å²) in [7, 11) is 0. The maximum absolute atomic E-state index is 5.35. The quantitative estimate of drug-likeness (QED) is 0.128. The molecule has 0 fully saturated rings. The van der Waals surface area contributed by atoms with Crippen LogP contribution in [0.3, 0.4) is 0 Å². The van der Waals surface area contributed by atoms with Crippen LogP contribution in [0.5, 0.6) is 0 Å². The number of rotatable bonds is 10. The van der Waals surface area contributed by atoms with Crippen molar-refractivity contribution < 1.29 is 0 Å². The fraction of sp³-hybridized carbons (Fsp3) is 0. The molecule has 0 atom stereocenters. The fourth-order valence-corrected chi connectivity index (χ4v) is 18.5. The minimum Gasteiger partial charge on any atom is -0.309 e. The highest BCUT2D eigenvalue weighted by Crippen LogP contribution is 2.45. The van der Waals surface area contributed by atoms with Gasteiger partial charge in [-0.1, -0.05) is 309 Å². The number of benzene rings is 18. The average molecular weight is 1480 g/mol. The van der Waals surface area contributed by atoms with Gasteiger partial charge in [0.2, 0.25) is 0 Å². The minimum atomic E-state index is 0.897. The summed E-state index contributed by atoms with van der Waals surface area (Å²) in [6.45, 7) is 0. The summed E-state index contributed by atoms with van der Waals surface area (Å²) in [5, 5.41) is 20.0. The molecular formula is C110H70N6. The van der Waals surface area contributed by atoms with E-state index in [0.29, 0.717) is 0 Å². The van der Waals surface area contributed by atoms with Crippen molar-refractivity contribution in [2.45, 2.75) is 0 Å². The third-order valence-electron chi connectivity index (χ3n) is 23.8. The first-order valence-electron chi connectivity index (χ1n) is 39.8. The predicted octanol–water partition coefficient (Wildman–Crippen LogP) is 29.2. The summed E-state index contributed by atoms with van der Waals surface area (Å²) < 4.78 is 9.60. The molecular weight excluding hydrogens is 1410 g/mol. The first-order valence-corrected chi connectivity index (χ1v) is 39.8. The maximum Gasteiger partial charge on any atom is 0.138 e. The Labute approximate surface area is 668 Å². The molecule has 0 saturated carbocycles.